The predicted octanol–water partition coefficient (Wildman–Crippen LogP) is 3.15. The van der Waals surface area contributed by atoms with Gasteiger partial charge in [0, 0.05) is 5.69 Å². The molecule has 8 heteroatoms. The van der Waals surface area contributed by atoms with Crippen molar-refractivity contribution in [2.45, 2.75) is 12.3 Å². The summed E-state index contributed by atoms with van der Waals surface area (Å²) in [4.78, 5) is 11.6. The van der Waals surface area contributed by atoms with Crippen LogP contribution in [0.15, 0.2) is 47.1 Å². The normalized spacial score (nSPS) is 12.7. The van der Waals surface area contributed by atoms with Gasteiger partial charge >= 0.3 is 12.2 Å². The summed E-state index contributed by atoms with van der Waals surface area (Å²) in [6.07, 6.45) is -4.15. The van der Waals surface area contributed by atoms with E-state index in [2.05, 4.69) is 10.6 Å². The van der Waals surface area contributed by atoms with Crippen LogP contribution in [-0.4, -0.2) is 17.7 Å². The number of carbonyl (C=O) groups excluding carboxylic acids is 1. The van der Waals surface area contributed by atoms with Gasteiger partial charge in [-0.1, -0.05) is 6.07 Å². The van der Waals surface area contributed by atoms with Crippen LogP contribution in [0.5, 0.6) is 0 Å². The quantitative estimate of drug-likeness (QED) is 0.811. The Morgan fingerprint density at radius 3 is 2.68 bits per heavy atom. The third-order valence-corrected chi connectivity index (χ3v) is 2.78. The molecule has 0 spiro atoms. The Balaban J connectivity index is 1.90. The second-order valence-corrected chi connectivity index (χ2v) is 4.44. The fraction of sp³-hybridized carbons (Fsp3) is 0.214. The molecule has 1 heterocycles. The average molecular weight is 314 g/mol. The Labute approximate surface area is 123 Å². The number of hydrogen-bond donors (Lipinski definition) is 3. The van der Waals surface area contributed by atoms with Crippen molar-refractivity contribution in [1.82, 2.24) is 5.32 Å². The van der Waals surface area contributed by atoms with Crippen LogP contribution < -0.4 is 10.6 Å². The Morgan fingerprint density at radius 2 is 2.05 bits per heavy atom. The van der Waals surface area contributed by atoms with E-state index >= 15 is 0 Å². The summed E-state index contributed by atoms with van der Waals surface area (Å²) in [6, 6.07) is 6.64. The van der Waals surface area contributed by atoms with Crippen molar-refractivity contribution in [2.75, 3.05) is 11.9 Å². The highest BCUT2D eigenvalue weighted by atomic mass is 19.4. The highest BCUT2D eigenvalue weighted by molar-refractivity contribution is 5.89. The number of urea groups is 1. The number of rotatable bonds is 4. The third-order valence-electron chi connectivity index (χ3n) is 2.78. The Kier molecular flexibility index (Phi) is 4.71. The minimum Gasteiger partial charge on any atom is -0.467 e. The number of carbonyl (C=O) groups is 1. The van der Waals surface area contributed by atoms with Crippen molar-refractivity contribution in [3.63, 3.8) is 0 Å². The third kappa shape index (κ3) is 4.26. The zero-order chi connectivity index (χ0) is 16.2. The molecular formula is C14H13F3N2O3. The van der Waals surface area contributed by atoms with E-state index in [4.69, 9.17) is 4.42 Å². The van der Waals surface area contributed by atoms with E-state index in [1.54, 1.807) is 6.07 Å². The van der Waals surface area contributed by atoms with Gasteiger partial charge in [-0.3, -0.25) is 0 Å². The van der Waals surface area contributed by atoms with Crippen molar-refractivity contribution >= 4 is 11.7 Å². The summed E-state index contributed by atoms with van der Waals surface area (Å²) >= 11 is 0. The van der Waals surface area contributed by atoms with Gasteiger partial charge in [-0.2, -0.15) is 13.2 Å². The Bertz CT molecular complexity index is 627. The molecule has 1 unspecified atom stereocenters. The molecule has 0 saturated heterocycles. The van der Waals surface area contributed by atoms with Gasteiger partial charge in [0.2, 0.25) is 0 Å². The molecule has 2 rings (SSSR count). The summed E-state index contributed by atoms with van der Waals surface area (Å²) < 4.78 is 42.6. The van der Waals surface area contributed by atoms with Crippen LogP contribution in [0.3, 0.4) is 0 Å². The highest BCUT2D eigenvalue weighted by Crippen LogP contribution is 2.30. The molecule has 22 heavy (non-hydrogen) atoms. The van der Waals surface area contributed by atoms with Crippen LogP contribution in [0, 0.1) is 0 Å². The van der Waals surface area contributed by atoms with Crippen molar-refractivity contribution in [2.24, 2.45) is 0 Å². The number of furan rings is 1. The van der Waals surface area contributed by atoms with Gasteiger partial charge in [0.1, 0.15) is 11.9 Å². The zero-order valence-corrected chi connectivity index (χ0v) is 11.2. The lowest BCUT2D eigenvalue weighted by molar-refractivity contribution is -0.137. The van der Waals surface area contributed by atoms with E-state index in [9.17, 15) is 23.1 Å². The van der Waals surface area contributed by atoms with Gasteiger partial charge in [-0.25, -0.2) is 4.79 Å². The van der Waals surface area contributed by atoms with Crippen LogP contribution in [0.1, 0.15) is 17.4 Å². The molecule has 0 bridgehead atoms. The molecule has 1 aromatic carbocycles. The van der Waals surface area contributed by atoms with Crippen LogP contribution in [0.25, 0.3) is 0 Å². The van der Waals surface area contributed by atoms with Crippen molar-refractivity contribution < 1.29 is 27.5 Å². The predicted molar refractivity (Wildman–Crippen MR) is 72.1 cm³/mol. The fourth-order valence-corrected chi connectivity index (χ4v) is 1.72. The maximum Gasteiger partial charge on any atom is 0.416 e. The molecular weight excluding hydrogens is 301 g/mol. The van der Waals surface area contributed by atoms with Crippen molar-refractivity contribution in [1.29, 1.82) is 0 Å². The van der Waals surface area contributed by atoms with Gasteiger partial charge in [0.25, 0.3) is 0 Å². The summed E-state index contributed by atoms with van der Waals surface area (Å²) in [5.41, 5.74) is -0.860. The minimum absolute atomic E-state index is 0.000173. The standard InChI is InChI=1S/C14H13F3N2O3/c15-14(16,17)9-3-1-4-10(7-9)19-13(21)18-8-11(20)12-5-2-6-22-12/h1-7,11,20H,8H2,(H2,18,19,21). The fourth-order valence-electron chi connectivity index (χ4n) is 1.72. The van der Waals surface area contributed by atoms with Gasteiger partial charge in [0.15, 0.2) is 0 Å². The van der Waals surface area contributed by atoms with Crippen LogP contribution in [0.4, 0.5) is 23.7 Å². The van der Waals surface area contributed by atoms with E-state index in [0.717, 1.165) is 12.1 Å². The maximum atomic E-state index is 12.5. The number of nitrogens with one attached hydrogen (secondary N) is 2. The summed E-state index contributed by atoms with van der Waals surface area (Å²) in [5, 5.41) is 14.3. The van der Waals surface area contributed by atoms with Crippen LogP contribution >= 0.6 is 0 Å². The molecule has 0 aliphatic carbocycles. The van der Waals surface area contributed by atoms with Crippen LogP contribution in [-0.2, 0) is 6.18 Å². The monoisotopic (exact) mass is 314 g/mol. The van der Waals surface area contributed by atoms with E-state index in [0.29, 0.717) is 0 Å². The molecule has 5 nitrogen and oxygen atoms in total. The van der Waals surface area contributed by atoms with E-state index in [1.807, 2.05) is 0 Å². The molecule has 118 valence electrons. The number of anilines is 1. The number of aliphatic hydroxyl groups is 1. The first kappa shape index (κ1) is 15.9. The highest BCUT2D eigenvalue weighted by Gasteiger charge is 2.30. The molecule has 0 aliphatic rings. The molecule has 0 saturated carbocycles. The van der Waals surface area contributed by atoms with Gasteiger partial charge < -0.3 is 20.2 Å². The number of hydrogen-bond acceptors (Lipinski definition) is 3. The maximum absolute atomic E-state index is 12.5. The topological polar surface area (TPSA) is 74.5 Å². The molecule has 0 fully saturated rings. The van der Waals surface area contributed by atoms with Crippen molar-refractivity contribution in [3.05, 3.63) is 54.0 Å². The van der Waals surface area contributed by atoms with Gasteiger partial charge in [-0.15, -0.1) is 0 Å². The number of alkyl halides is 3. The summed E-state index contributed by atoms with van der Waals surface area (Å²) in [6.45, 7) is -0.141. The average Bonchev–Trinajstić information content (AvgIpc) is 2.98. The van der Waals surface area contributed by atoms with Crippen molar-refractivity contribution in [3.8, 4) is 0 Å². The number of halogens is 3. The lowest BCUT2D eigenvalue weighted by Crippen LogP contribution is -2.32. The second kappa shape index (κ2) is 6.52. The van der Waals surface area contributed by atoms with E-state index in [1.165, 1.54) is 24.5 Å². The lowest BCUT2D eigenvalue weighted by Gasteiger charge is -2.12. The van der Waals surface area contributed by atoms with E-state index in [-0.39, 0.29) is 18.0 Å². The van der Waals surface area contributed by atoms with E-state index < -0.39 is 23.9 Å². The summed E-state index contributed by atoms with van der Waals surface area (Å²) in [5.74, 6) is 0.277. The SMILES string of the molecule is O=C(NCC(O)c1ccco1)Nc1cccc(C(F)(F)F)c1. The summed E-state index contributed by atoms with van der Waals surface area (Å²) in [7, 11) is 0. The first-order chi connectivity index (χ1) is 10.4. The lowest BCUT2D eigenvalue weighted by atomic mass is 10.2. The molecule has 0 aliphatic heterocycles. The smallest absolute Gasteiger partial charge is 0.416 e. The number of amides is 2. The number of benzene rings is 1. The largest absolute Gasteiger partial charge is 0.467 e. The molecule has 2 amide bonds. The molecule has 1 aromatic heterocycles. The first-order valence-corrected chi connectivity index (χ1v) is 6.30. The zero-order valence-electron chi connectivity index (χ0n) is 11.2. The molecule has 1 atom stereocenters. The molecule has 2 aromatic rings. The molecule has 0 radical (unpaired) electrons. The molecule has 3 N–H and O–H groups in total. The van der Waals surface area contributed by atoms with Gasteiger partial charge in [0.05, 0.1) is 18.4 Å². The minimum atomic E-state index is -4.48. The first-order valence-electron chi connectivity index (χ1n) is 6.30. The Hall–Kier alpha value is -2.48. The second-order valence-electron chi connectivity index (χ2n) is 4.44. The Morgan fingerprint density at radius 1 is 1.27 bits per heavy atom. The number of aliphatic hydroxyl groups excluding tert-OH is 1. The van der Waals surface area contributed by atoms with Gasteiger partial charge in [-0.05, 0) is 30.3 Å². The van der Waals surface area contributed by atoms with Crippen LogP contribution in [0.2, 0.25) is 0 Å².